The standard InChI is InChI=1S/C18H23N3O2/c1-4-20(5-2)18(23)21-7-6-13-9-14-8-12(3)17(22)19-16(14)10-15(13)11-21/h8-10H,4-7,11H2,1-3H3,(H,19,22). The Labute approximate surface area is 135 Å². The first-order valence-corrected chi connectivity index (χ1v) is 8.22. The highest BCUT2D eigenvalue weighted by Crippen LogP contribution is 2.24. The molecule has 0 saturated heterocycles. The largest absolute Gasteiger partial charge is 0.325 e. The van der Waals surface area contributed by atoms with Crippen LogP contribution in [0.5, 0.6) is 0 Å². The number of fused-ring (bicyclic) bond motifs is 2. The van der Waals surface area contributed by atoms with Crippen LogP contribution in [-0.2, 0) is 13.0 Å². The molecule has 23 heavy (non-hydrogen) atoms. The number of hydrogen-bond acceptors (Lipinski definition) is 2. The van der Waals surface area contributed by atoms with Crippen LogP contribution < -0.4 is 5.56 Å². The van der Waals surface area contributed by atoms with Gasteiger partial charge >= 0.3 is 6.03 Å². The van der Waals surface area contributed by atoms with Crippen LogP contribution in [0.3, 0.4) is 0 Å². The van der Waals surface area contributed by atoms with Gasteiger partial charge in [-0.3, -0.25) is 4.79 Å². The zero-order chi connectivity index (χ0) is 16.6. The summed E-state index contributed by atoms with van der Waals surface area (Å²) in [6.45, 7) is 8.63. The van der Waals surface area contributed by atoms with E-state index in [0.29, 0.717) is 6.54 Å². The molecule has 0 unspecified atom stereocenters. The van der Waals surface area contributed by atoms with E-state index in [4.69, 9.17) is 0 Å². The molecule has 1 aliphatic rings. The second-order valence-electron chi connectivity index (χ2n) is 6.12. The lowest BCUT2D eigenvalue weighted by atomic mass is 9.97. The second kappa shape index (κ2) is 6.07. The van der Waals surface area contributed by atoms with E-state index in [9.17, 15) is 9.59 Å². The van der Waals surface area contributed by atoms with Crippen molar-refractivity contribution < 1.29 is 4.79 Å². The normalized spacial score (nSPS) is 14.0. The summed E-state index contributed by atoms with van der Waals surface area (Å²) in [4.78, 5) is 31.0. The monoisotopic (exact) mass is 313 g/mol. The number of nitrogens with zero attached hydrogens (tertiary/aromatic N) is 2. The minimum Gasteiger partial charge on any atom is -0.325 e. The van der Waals surface area contributed by atoms with Crippen LogP contribution in [0.15, 0.2) is 23.0 Å². The number of amides is 2. The minimum atomic E-state index is -0.0515. The number of hydrogen-bond donors (Lipinski definition) is 1. The molecule has 0 spiro atoms. The van der Waals surface area contributed by atoms with Gasteiger partial charge in [0, 0.05) is 37.3 Å². The van der Waals surface area contributed by atoms with Crippen molar-refractivity contribution in [2.45, 2.75) is 33.7 Å². The van der Waals surface area contributed by atoms with Crippen LogP contribution in [-0.4, -0.2) is 40.4 Å². The fraction of sp³-hybridized carbons (Fsp3) is 0.444. The number of nitrogens with one attached hydrogen (secondary N) is 1. The van der Waals surface area contributed by atoms with Crippen molar-refractivity contribution in [1.82, 2.24) is 14.8 Å². The van der Waals surface area contributed by atoms with Crippen molar-refractivity contribution in [2.75, 3.05) is 19.6 Å². The van der Waals surface area contributed by atoms with Crippen LogP contribution >= 0.6 is 0 Å². The molecule has 1 aromatic heterocycles. The van der Waals surface area contributed by atoms with Gasteiger partial charge in [-0.2, -0.15) is 0 Å². The van der Waals surface area contributed by atoms with Gasteiger partial charge in [-0.05, 0) is 61.9 Å². The van der Waals surface area contributed by atoms with Crippen molar-refractivity contribution in [3.63, 3.8) is 0 Å². The number of aromatic nitrogens is 1. The number of benzene rings is 1. The highest BCUT2D eigenvalue weighted by molar-refractivity contribution is 5.81. The third kappa shape index (κ3) is 2.83. The third-order valence-electron chi connectivity index (χ3n) is 4.67. The first-order valence-electron chi connectivity index (χ1n) is 8.22. The molecule has 0 radical (unpaired) electrons. The maximum Gasteiger partial charge on any atom is 0.320 e. The highest BCUT2D eigenvalue weighted by Gasteiger charge is 2.24. The molecule has 0 atom stereocenters. The zero-order valence-corrected chi connectivity index (χ0v) is 14.0. The number of carbonyl (C=O) groups is 1. The van der Waals surface area contributed by atoms with E-state index >= 15 is 0 Å². The van der Waals surface area contributed by atoms with Gasteiger partial charge in [0.2, 0.25) is 0 Å². The summed E-state index contributed by atoms with van der Waals surface area (Å²) in [5.41, 5.74) is 3.92. The fourth-order valence-corrected chi connectivity index (χ4v) is 3.23. The van der Waals surface area contributed by atoms with Gasteiger partial charge < -0.3 is 14.8 Å². The highest BCUT2D eigenvalue weighted by atomic mass is 16.2. The molecule has 3 rings (SSSR count). The third-order valence-corrected chi connectivity index (χ3v) is 4.67. The van der Waals surface area contributed by atoms with Crippen LogP contribution in [0.4, 0.5) is 4.79 Å². The molecule has 2 amide bonds. The molecule has 0 saturated carbocycles. The van der Waals surface area contributed by atoms with Crippen molar-refractivity contribution in [3.8, 4) is 0 Å². The van der Waals surface area contributed by atoms with Crippen LogP contribution in [0.1, 0.15) is 30.5 Å². The average molecular weight is 313 g/mol. The summed E-state index contributed by atoms with van der Waals surface area (Å²) in [5, 5.41) is 1.06. The number of carbonyl (C=O) groups excluding carboxylic acids is 1. The van der Waals surface area contributed by atoms with E-state index in [0.717, 1.165) is 48.1 Å². The summed E-state index contributed by atoms with van der Waals surface area (Å²) >= 11 is 0. The summed E-state index contributed by atoms with van der Waals surface area (Å²) in [7, 11) is 0. The lowest BCUT2D eigenvalue weighted by molar-refractivity contribution is 0.152. The first-order chi connectivity index (χ1) is 11.0. The topological polar surface area (TPSA) is 56.4 Å². The van der Waals surface area contributed by atoms with E-state index < -0.39 is 0 Å². The van der Waals surface area contributed by atoms with Gasteiger partial charge in [-0.1, -0.05) is 0 Å². The van der Waals surface area contributed by atoms with E-state index in [1.165, 1.54) is 5.56 Å². The molecule has 122 valence electrons. The Bertz CT molecular complexity index is 806. The maximum atomic E-state index is 12.5. The van der Waals surface area contributed by atoms with E-state index in [2.05, 4.69) is 11.1 Å². The summed E-state index contributed by atoms with van der Waals surface area (Å²) < 4.78 is 0. The number of rotatable bonds is 2. The van der Waals surface area contributed by atoms with Crippen molar-refractivity contribution in [1.29, 1.82) is 0 Å². The lowest BCUT2D eigenvalue weighted by Crippen LogP contribution is -2.45. The Hall–Kier alpha value is -2.30. The molecule has 2 aromatic rings. The molecule has 0 bridgehead atoms. The number of aromatic amines is 1. The summed E-state index contributed by atoms with van der Waals surface area (Å²) in [6.07, 6.45) is 0.858. The molecular weight excluding hydrogens is 290 g/mol. The van der Waals surface area contributed by atoms with Crippen LogP contribution in [0.25, 0.3) is 10.9 Å². The van der Waals surface area contributed by atoms with E-state index in [-0.39, 0.29) is 11.6 Å². The van der Waals surface area contributed by atoms with Gasteiger partial charge in [0.05, 0.1) is 0 Å². The Kier molecular flexibility index (Phi) is 4.11. The Morgan fingerprint density at radius 3 is 2.65 bits per heavy atom. The average Bonchev–Trinajstić information content (AvgIpc) is 2.55. The molecule has 0 aliphatic carbocycles. The molecule has 5 nitrogen and oxygen atoms in total. The van der Waals surface area contributed by atoms with Crippen molar-refractivity contribution in [3.05, 3.63) is 45.2 Å². The van der Waals surface area contributed by atoms with Gasteiger partial charge in [-0.15, -0.1) is 0 Å². The summed E-state index contributed by atoms with van der Waals surface area (Å²) in [5.74, 6) is 0. The quantitative estimate of drug-likeness (QED) is 0.926. The molecule has 1 N–H and O–H groups in total. The Morgan fingerprint density at radius 2 is 1.96 bits per heavy atom. The number of H-pyrrole nitrogens is 1. The molecular formula is C18H23N3O2. The van der Waals surface area contributed by atoms with Crippen molar-refractivity contribution in [2.24, 2.45) is 0 Å². The number of aryl methyl sites for hydroxylation is 1. The van der Waals surface area contributed by atoms with Crippen LogP contribution in [0, 0.1) is 6.92 Å². The molecule has 2 heterocycles. The molecule has 5 heteroatoms. The fourth-order valence-electron chi connectivity index (χ4n) is 3.23. The smallest absolute Gasteiger partial charge is 0.320 e. The molecule has 1 aromatic carbocycles. The lowest BCUT2D eigenvalue weighted by Gasteiger charge is -2.33. The van der Waals surface area contributed by atoms with Gasteiger partial charge in [-0.25, -0.2) is 4.79 Å². The van der Waals surface area contributed by atoms with E-state index in [1.807, 2.05) is 42.7 Å². The van der Waals surface area contributed by atoms with Crippen molar-refractivity contribution >= 4 is 16.9 Å². The Balaban J connectivity index is 1.94. The predicted molar refractivity (Wildman–Crippen MR) is 91.7 cm³/mol. The number of pyridine rings is 1. The maximum absolute atomic E-state index is 12.5. The molecule has 0 fully saturated rings. The van der Waals surface area contributed by atoms with Crippen LogP contribution in [0.2, 0.25) is 0 Å². The number of urea groups is 1. The van der Waals surface area contributed by atoms with E-state index in [1.54, 1.807) is 0 Å². The zero-order valence-electron chi connectivity index (χ0n) is 14.0. The SMILES string of the molecule is CCN(CC)C(=O)N1CCc2cc3cc(C)c(=O)[nH]c3cc2C1. The minimum absolute atomic E-state index is 0.0515. The second-order valence-corrected chi connectivity index (χ2v) is 6.12. The summed E-state index contributed by atoms with van der Waals surface area (Å²) in [6, 6.07) is 6.19. The van der Waals surface area contributed by atoms with Gasteiger partial charge in [0.15, 0.2) is 0 Å². The van der Waals surface area contributed by atoms with Gasteiger partial charge in [0.25, 0.3) is 5.56 Å². The predicted octanol–water partition coefficient (Wildman–Crippen LogP) is 2.66. The van der Waals surface area contributed by atoms with Gasteiger partial charge in [0.1, 0.15) is 0 Å². The molecule has 1 aliphatic heterocycles. The Morgan fingerprint density at radius 1 is 1.22 bits per heavy atom. The first kappa shape index (κ1) is 15.6.